The molecular weight excluding hydrogens is 272 g/mol. The molecule has 116 valence electrons. The van der Waals surface area contributed by atoms with E-state index in [1.54, 1.807) is 14.2 Å². The Kier molecular flexibility index (Phi) is 5.03. The smallest absolute Gasteiger partial charge is 0.322 e. The van der Waals surface area contributed by atoms with Gasteiger partial charge in [0.15, 0.2) is 11.5 Å². The fourth-order valence-electron chi connectivity index (χ4n) is 2.59. The first kappa shape index (κ1) is 15.6. The molecule has 1 aliphatic heterocycles. The Labute approximate surface area is 124 Å². The number of hydrogen-bond donors (Lipinski definition) is 2. The fraction of sp³-hybridized carbons (Fsp3) is 0.533. The van der Waals surface area contributed by atoms with Crippen LogP contribution in [-0.4, -0.2) is 55.9 Å². The van der Waals surface area contributed by atoms with Crippen LogP contribution in [0.2, 0.25) is 0 Å². The molecule has 1 atom stereocenters. The van der Waals surface area contributed by atoms with Crippen molar-refractivity contribution in [2.75, 3.05) is 33.9 Å². The number of carboxylic acids is 1. The van der Waals surface area contributed by atoms with Gasteiger partial charge in [0.25, 0.3) is 0 Å². The van der Waals surface area contributed by atoms with Gasteiger partial charge in [0, 0.05) is 26.2 Å². The van der Waals surface area contributed by atoms with Crippen molar-refractivity contribution in [2.24, 2.45) is 0 Å². The summed E-state index contributed by atoms with van der Waals surface area (Å²) in [7, 11) is 3.20. The summed E-state index contributed by atoms with van der Waals surface area (Å²) in [6, 6.07) is 3.35. The number of nitrogens with zero attached hydrogens (tertiary/aromatic N) is 1. The summed E-state index contributed by atoms with van der Waals surface area (Å²) in [5.74, 6) is 0.564. The zero-order valence-corrected chi connectivity index (χ0v) is 12.7. The van der Waals surface area contributed by atoms with Gasteiger partial charge in [0.05, 0.1) is 14.2 Å². The van der Waals surface area contributed by atoms with Crippen molar-refractivity contribution in [2.45, 2.75) is 19.5 Å². The van der Waals surface area contributed by atoms with Crippen LogP contribution in [0.25, 0.3) is 0 Å². The van der Waals surface area contributed by atoms with Gasteiger partial charge in [-0.25, -0.2) is 0 Å². The SMILES string of the molecule is COc1cc(C)c(CN2CCNCC2C(=O)O)cc1OC. The average molecular weight is 294 g/mol. The van der Waals surface area contributed by atoms with Crippen LogP contribution in [0.1, 0.15) is 11.1 Å². The molecule has 0 radical (unpaired) electrons. The lowest BCUT2D eigenvalue weighted by atomic mass is 10.1. The number of piperazine rings is 1. The molecule has 2 N–H and O–H groups in total. The molecule has 1 saturated heterocycles. The fourth-order valence-corrected chi connectivity index (χ4v) is 2.59. The van der Waals surface area contributed by atoms with Crippen molar-refractivity contribution in [3.05, 3.63) is 23.3 Å². The standard InChI is InChI=1S/C15H22N2O4/c1-10-6-13(20-2)14(21-3)7-11(10)9-17-5-4-16-8-12(17)15(18)19/h6-7,12,16H,4-5,8-9H2,1-3H3,(H,18,19). The number of carbonyl (C=O) groups is 1. The van der Waals surface area contributed by atoms with E-state index >= 15 is 0 Å². The molecule has 0 spiro atoms. The van der Waals surface area contributed by atoms with Crippen LogP contribution in [0.4, 0.5) is 0 Å². The largest absolute Gasteiger partial charge is 0.493 e. The molecule has 2 rings (SSSR count). The number of methoxy groups -OCH3 is 2. The second kappa shape index (κ2) is 6.78. The van der Waals surface area contributed by atoms with Gasteiger partial charge in [-0.15, -0.1) is 0 Å². The van der Waals surface area contributed by atoms with Gasteiger partial charge < -0.3 is 19.9 Å². The van der Waals surface area contributed by atoms with Gasteiger partial charge in [0.2, 0.25) is 0 Å². The number of rotatable bonds is 5. The van der Waals surface area contributed by atoms with Crippen molar-refractivity contribution in [1.29, 1.82) is 0 Å². The normalized spacial score (nSPS) is 19.3. The lowest BCUT2D eigenvalue weighted by molar-refractivity contribution is -0.144. The highest BCUT2D eigenvalue weighted by Gasteiger charge is 2.28. The molecule has 0 amide bonds. The second-order valence-corrected chi connectivity index (χ2v) is 5.16. The highest BCUT2D eigenvalue weighted by atomic mass is 16.5. The first-order valence-corrected chi connectivity index (χ1v) is 6.96. The molecule has 6 heteroatoms. The predicted octanol–water partition coefficient (Wildman–Crippen LogP) is 0.871. The summed E-state index contributed by atoms with van der Waals surface area (Å²) < 4.78 is 10.6. The maximum Gasteiger partial charge on any atom is 0.322 e. The van der Waals surface area contributed by atoms with Crippen molar-refractivity contribution >= 4 is 5.97 Å². The summed E-state index contributed by atoms with van der Waals surface area (Å²) in [5, 5.41) is 12.4. The molecular formula is C15H22N2O4. The van der Waals surface area contributed by atoms with Crippen molar-refractivity contribution < 1.29 is 19.4 Å². The number of aryl methyl sites for hydroxylation is 1. The quantitative estimate of drug-likeness (QED) is 0.840. The van der Waals surface area contributed by atoms with Crippen molar-refractivity contribution in [3.63, 3.8) is 0 Å². The molecule has 1 fully saturated rings. The Bertz CT molecular complexity index is 519. The summed E-state index contributed by atoms with van der Waals surface area (Å²) >= 11 is 0. The Balaban J connectivity index is 2.23. The minimum Gasteiger partial charge on any atom is -0.493 e. The van der Waals surface area contributed by atoms with Crippen LogP contribution in [0.15, 0.2) is 12.1 Å². The van der Waals surface area contributed by atoms with Crippen LogP contribution >= 0.6 is 0 Å². The molecule has 21 heavy (non-hydrogen) atoms. The second-order valence-electron chi connectivity index (χ2n) is 5.16. The molecule has 1 aromatic rings. The van der Waals surface area contributed by atoms with Crippen LogP contribution in [-0.2, 0) is 11.3 Å². The molecule has 0 bridgehead atoms. The first-order valence-electron chi connectivity index (χ1n) is 6.96. The number of nitrogens with one attached hydrogen (secondary N) is 1. The maximum atomic E-state index is 11.3. The van der Waals surface area contributed by atoms with E-state index in [1.165, 1.54) is 0 Å². The van der Waals surface area contributed by atoms with E-state index in [0.29, 0.717) is 31.1 Å². The molecule has 6 nitrogen and oxygen atoms in total. The Morgan fingerprint density at radius 2 is 2.05 bits per heavy atom. The van der Waals surface area contributed by atoms with E-state index in [-0.39, 0.29) is 0 Å². The van der Waals surface area contributed by atoms with Gasteiger partial charge >= 0.3 is 5.97 Å². The van der Waals surface area contributed by atoms with E-state index in [1.807, 2.05) is 24.0 Å². The topological polar surface area (TPSA) is 71.0 Å². The number of ether oxygens (including phenoxy) is 2. The first-order chi connectivity index (χ1) is 10.1. The third-order valence-electron chi connectivity index (χ3n) is 3.85. The molecule has 1 aliphatic rings. The maximum absolute atomic E-state index is 11.3. The molecule has 1 aromatic carbocycles. The van der Waals surface area contributed by atoms with E-state index in [0.717, 1.165) is 17.7 Å². The summed E-state index contributed by atoms with van der Waals surface area (Å²) in [6.45, 7) is 4.57. The lowest BCUT2D eigenvalue weighted by Crippen LogP contribution is -2.54. The summed E-state index contributed by atoms with van der Waals surface area (Å²) in [5.41, 5.74) is 2.12. The minimum absolute atomic E-state index is 0.474. The highest BCUT2D eigenvalue weighted by Crippen LogP contribution is 2.31. The van der Waals surface area contributed by atoms with E-state index < -0.39 is 12.0 Å². The summed E-state index contributed by atoms with van der Waals surface area (Å²) in [6.07, 6.45) is 0. The number of hydrogen-bond acceptors (Lipinski definition) is 5. The number of benzene rings is 1. The van der Waals surface area contributed by atoms with Gasteiger partial charge in [-0.3, -0.25) is 9.69 Å². The molecule has 0 aliphatic carbocycles. The molecule has 1 heterocycles. The van der Waals surface area contributed by atoms with Gasteiger partial charge in [-0.2, -0.15) is 0 Å². The molecule has 0 saturated carbocycles. The third-order valence-corrected chi connectivity index (χ3v) is 3.85. The Morgan fingerprint density at radius 1 is 1.38 bits per heavy atom. The van der Waals surface area contributed by atoms with Crippen molar-refractivity contribution in [1.82, 2.24) is 10.2 Å². The van der Waals surface area contributed by atoms with E-state index in [2.05, 4.69) is 5.32 Å². The number of aliphatic carboxylic acids is 1. The average Bonchev–Trinajstić information content (AvgIpc) is 2.49. The van der Waals surface area contributed by atoms with Crippen LogP contribution in [0.5, 0.6) is 11.5 Å². The molecule has 0 aromatic heterocycles. The lowest BCUT2D eigenvalue weighted by Gasteiger charge is -2.33. The molecule has 1 unspecified atom stereocenters. The van der Waals surface area contributed by atoms with Crippen LogP contribution in [0, 0.1) is 6.92 Å². The van der Waals surface area contributed by atoms with Gasteiger partial charge in [-0.05, 0) is 30.2 Å². The van der Waals surface area contributed by atoms with Gasteiger partial charge in [0.1, 0.15) is 6.04 Å². The zero-order valence-electron chi connectivity index (χ0n) is 12.7. The van der Waals surface area contributed by atoms with Crippen LogP contribution < -0.4 is 14.8 Å². The van der Waals surface area contributed by atoms with Crippen LogP contribution in [0.3, 0.4) is 0 Å². The zero-order chi connectivity index (χ0) is 15.4. The summed E-state index contributed by atoms with van der Waals surface area (Å²) in [4.78, 5) is 13.3. The van der Waals surface area contributed by atoms with E-state index in [4.69, 9.17) is 9.47 Å². The predicted molar refractivity (Wildman–Crippen MR) is 79.0 cm³/mol. The Hall–Kier alpha value is -1.79. The monoisotopic (exact) mass is 294 g/mol. The van der Waals surface area contributed by atoms with Crippen molar-refractivity contribution in [3.8, 4) is 11.5 Å². The minimum atomic E-state index is -0.791. The van der Waals surface area contributed by atoms with Gasteiger partial charge in [-0.1, -0.05) is 0 Å². The van der Waals surface area contributed by atoms with E-state index in [9.17, 15) is 9.90 Å². The highest BCUT2D eigenvalue weighted by molar-refractivity contribution is 5.74. The Morgan fingerprint density at radius 3 is 2.67 bits per heavy atom. The number of carboxylic acid groups (broad SMARTS) is 1. The third kappa shape index (κ3) is 3.46.